The van der Waals surface area contributed by atoms with Crippen LogP contribution in [0, 0.1) is 18.3 Å². The quantitative estimate of drug-likeness (QED) is 0.526. The van der Waals surface area contributed by atoms with E-state index in [9.17, 15) is 5.26 Å². The number of aromatic nitrogens is 1. The van der Waals surface area contributed by atoms with Gasteiger partial charge >= 0.3 is 0 Å². The Bertz CT molecular complexity index is 884. The molecule has 0 bridgehead atoms. The van der Waals surface area contributed by atoms with Gasteiger partial charge in [-0.3, -0.25) is 0 Å². The van der Waals surface area contributed by atoms with Crippen LogP contribution in [0.4, 0.5) is 0 Å². The third-order valence-corrected chi connectivity index (χ3v) is 4.79. The zero-order chi connectivity index (χ0) is 16.2. The van der Waals surface area contributed by atoms with Gasteiger partial charge in [0.1, 0.15) is 11.1 Å². The van der Waals surface area contributed by atoms with Crippen LogP contribution in [-0.2, 0) is 0 Å². The molecule has 3 rings (SSSR count). The first-order valence-corrected chi connectivity index (χ1v) is 8.73. The van der Waals surface area contributed by atoms with E-state index in [4.69, 9.17) is 0 Å². The maximum absolute atomic E-state index is 9.45. The third-order valence-electron chi connectivity index (χ3n) is 3.38. The Balaban J connectivity index is 1.92. The van der Waals surface area contributed by atoms with E-state index < -0.39 is 0 Å². The lowest BCUT2D eigenvalue weighted by Crippen LogP contribution is -1.83. The average molecular weight is 381 g/mol. The fourth-order valence-electron chi connectivity index (χ4n) is 2.12. The van der Waals surface area contributed by atoms with Crippen LogP contribution in [0.15, 0.2) is 58.4 Å². The number of thiazole rings is 1. The zero-order valence-electron chi connectivity index (χ0n) is 12.5. The average Bonchev–Trinajstić information content (AvgIpc) is 3.05. The number of nitriles is 1. The highest BCUT2D eigenvalue weighted by Gasteiger charge is 2.09. The molecule has 1 aromatic heterocycles. The molecule has 23 heavy (non-hydrogen) atoms. The molecule has 0 unspecified atom stereocenters. The second kappa shape index (κ2) is 6.91. The molecule has 2 nitrogen and oxygen atoms in total. The summed E-state index contributed by atoms with van der Waals surface area (Å²) in [4.78, 5) is 4.61. The summed E-state index contributed by atoms with van der Waals surface area (Å²) in [7, 11) is 0. The minimum atomic E-state index is 0.579. The summed E-state index contributed by atoms with van der Waals surface area (Å²) in [6.45, 7) is 2.06. The van der Waals surface area contributed by atoms with Crippen molar-refractivity contribution in [2.24, 2.45) is 0 Å². The minimum absolute atomic E-state index is 0.579. The molecule has 0 aliphatic carbocycles. The third kappa shape index (κ3) is 3.76. The first-order chi connectivity index (χ1) is 11.2. The number of hydrogen-bond donors (Lipinski definition) is 0. The topological polar surface area (TPSA) is 36.7 Å². The zero-order valence-corrected chi connectivity index (χ0v) is 14.9. The standard InChI is InChI=1S/C19H13BrN2S/c1-13-2-6-15(7-3-13)18-12-23-19(22-18)16(11-21)10-14-4-8-17(20)9-5-14/h2-10,12H,1H3. The molecule has 0 radical (unpaired) electrons. The highest BCUT2D eigenvalue weighted by molar-refractivity contribution is 9.10. The summed E-state index contributed by atoms with van der Waals surface area (Å²) < 4.78 is 1.02. The van der Waals surface area contributed by atoms with Gasteiger partial charge in [-0.15, -0.1) is 11.3 Å². The lowest BCUT2D eigenvalue weighted by atomic mass is 10.1. The smallest absolute Gasteiger partial charge is 0.134 e. The van der Waals surface area contributed by atoms with Crippen LogP contribution in [-0.4, -0.2) is 4.98 Å². The van der Waals surface area contributed by atoms with Gasteiger partial charge in [0.2, 0.25) is 0 Å². The normalized spacial score (nSPS) is 11.3. The lowest BCUT2D eigenvalue weighted by molar-refractivity contribution is 1.36. The number of allylic oxidation sites excluding steroid dienone is 1. The summed E-state index contributed by atoms with van der Waals surface area (Å²) >= 11 is 4.90. The molecule has 0 amide bonds. The van der Waals surface area contributed by atoms with Crippen LogP contribution in [0.3, 0.4) is 0 Å². The van der Waals surface area contributed by atoms with Crippen LogP contribution in [0.1, 0.15) is 16.1 Å². The predicted octanol–water partition coefficient (Wildman–Crippen LogP) is 5.95. The van der Waals surface area contributed by atoms with Gasteiger partial charge in [-0.25, -0.2) is 4.98 Å². The molecule has 0 aliphatic heterocycles. The Hall–Kier alpha value is -2.22. The molecule has 0 fully saturated rings. The Morgan fingerprint density at radius 2 is 1.83 bits per heavy atom. The van der Waals surface area contributed by atoms with E-state index in [1.165, 1.54) is 16.9 Å². The van der Waals surface area contributed by atoms with Crippen molar-refractivity contribution in [1.82, 2.24) is 4.98 Å². The van der Waals surface area contributed by atoms with Gasteiger partial charge in [-0.2, -0.15) is 5.26 Å². The first-order valence-electron chi connectivity index (χ1n) is 7.06. The molecule has 3 aromatic rings. The molecule has 0 N–H and O–H groups in total. The van der Waals surface area contributed by atoms with Gasteiger partial charge in [0.05, 0.1) is 11.3 Å². The van der Waals surface area contributed by atoms with Crippen molar-refractivity contribution in [3.05, 3.63) is 74.5 Å². The highest BCUT2D eigenvalue weighted by Crippen LogP contribution is 2.27. The van der Waals surface area contributed by atoms with Gasteiger partial charge in [0.15, 0.2) is 0 Å². The Kier molecular flexibility index (Phi) is 4.71. The van der Waals surface area contributed by atoms with Crippen molar-refractivity contribution in [2.45, 2.75) is 6.92 Å². The van der Waals surface area contributed by atoms with E-state index in [1.807, 2.05) is 35.7 Å². The number of rotatable bonds is 3. The van der Waals surface area contributed by atoms with E-state index in [0.29, 0.717) is 5.57 Å². The highest BCUT2D eigenvalue weighted by atomic mass is 79.9. The van der Waals surface area contributed by atoms with Crippen LogP contribution >= 0.6 is 27.3 Å². The lowest BCUT2D eigenvalue weighted by Gasteiger charge is -1.98. The SMILES string of the molecule is Cc1ccc(-c2csc(C(C#N)=Cc3ccc(Br)cc3)n2)cc1. The Morgan fingerprint density at radius 1 is 1.13 bits per heavy atom. The first kappa shape index (κ1) is 15.7. The number of halogens is 1. The van der Waals surface area contributed by atoms with Gasteiger partial charge in [0.25, 0.3) is 0 Å². The maximum Gasteiger partial charge on any atom is 0.134 e. The van der Waals surface area contributed by atoms with Crippen molar-refractivity contribution in [3.8, 4) is 17.3 Å². The van der Waals surface area contributed by atoms with Crippen molar-refractivity contribution >= 4 is 38.9 Å². The van der Waals surface area contributed by atoms with Gasteiger partial charge in [-0.1, -0.05) is 57.9 Å². The molecule has 2 aromatic carbocycles. The van der Waals surface area contributed by atoms with Crippen molar-refractivity contribution < 1.29 is 0 Å². The molecule has 0 saturated heterocycles. The molecular formula is C19H13BrN2S. The molecule has 1 heterocycles. The summed E-state index contributed by atoms with van der Waals surface area (Å²) in [5.41, 5.74) is 4.76. The Labute approximate surface area is 147 Å². The summed E-state index contributed by atoms with van der Waals surface area (Å²) in [6, 6.07) is 18.3. The molecule has 4 heteroatoms. The summed E-state index contributed by atoms with van der Waals surface area (Å²) in [5, 5.41) is 12.2. The fourth-order valence-corrected chi connectivity index (χ4v) is 3.18. The Morgan fingerprint density at radius 3 is 2.48 bits per heavy atom. The van der Waals surface area contributed by atoms with E-state index in [2.05, 4.69) is 58.2 Å². The van der Waals surface area contributed by atoms with Crippen molar-refractivity contribution in [2.75, 3.05) is 0 Å². The second-order valence-corrected chi connectivity index (χ2v) is 6.90. The molecule has 112 valence electrons. The minimum Gasteiger partial charge on any atom is -0.235 e. The van der Waals surface area contributed by atoms with Gasteiger partial charge < -0.3 is 0 Å². The number of aryl methyl sites for hydroxylation is 1. The monoisotopic (exact) mass is 380 g/mol. The largest absolute Gasteiger partial charge is 0.235 e. The van der Waals surface area contributed by atoms with Gasteiger partial charge in [-0.05, 0) is 30.7 Å². The number of nitrogens with zero attached hydrogens (tertiary/aromatic N) is 2. The van der Waals surface area contributed by atoms with Crippen LogP contribution in [0.25, 0.3) is 22.9 Å². The molecule has 0 aliphatic rings. The predicted molar refractivity (Wildman–Crippen MR) is 99.9 cm³/mol. The number of benzene rings is 2. The van der Waals surface area contributed by atoms with Crippen LogP contribution in [0.2, 0.25) is 0 Å². The van der Waals surface area contributed by atoms with E-state index in [0.717, 1.165) is 26.3 Å². The molecule has 0 atom stereocenters. The van der Waals surface area contributed by atoms with E-state index in [1.54, 1.807) is 0 Å². The molecular weight excluding hydrogens is 368 g/mol. The van der Waals surface area contributed by atoms with E-state index in [-0.39, 0.29) is 0 Å². The molecule has 0 saturated carbocycles. The second-order valence-electron chi connectivity index (χ2n) is 5.13. The van der Waals surface area contributed by atoms with Crippen LogP contribution < -0.4 is 0 Å². The van der Waals surface area contributed by atoms with Crippen molar-refractivity contribution in [1.29, 1.82) is 5.26 Å². The van der Waals surface area contributed by atoms with Gasteiger partial charge in [0, 0.05) is 15.4 Å². The summed E-state index contributed by atoms with van der Waals surface area (Å²) in [5.74, 6) is 0. The maximum atomic E-state index is 9.45. The fraction of sp³-hybridized carbons (Fsp3) is 0.0526. The molecule has 0 spiro atoms. The summed E-state index contributed by atoms with van der Waals surface area (Å²) in [6.07, 6.45) is 1.87. The van der Waals surface area contributed by atoms with Crippen LogP contribution in [0.5, 0.6) is 0 Å². The van der Waals surface area contributed by atoms with Crippen molar-refractivity contribution in [3.63, 3.8) is 0 Å². The van der Waals surface area contributed by atoms with E-state index >= 15 is 0 Å². The number of hydrogen-bond acceptors (Lipinski definition) is 3.